The Bertz CT molecular complexity index is 352. The summed E-state index contributed by atoms with van der Waals surface area (Å²) < 4.78 is 0. The molecule has 3 unspecified atom stereocenters. The summed E-state index contributed by atoms with van der Waals surface area (Å²) in [6.07, 6.45) is 25.5. The van der Waals surface area contributed by atoms with Crippen LogP contribution in [0.5, 0.6) is 0 Å². The molecule has 1 heterocycles. The molecule has 0 spiro atoms. The Hall–Kier alpha value is -0.0400. The molecule has 1 aliphatic heterocycles. The Balaban J connectivity index is 1.76. The van der Waals surface area contributed by atoms with Gasteiger partial charge in [-0.1, -0.05) is 84.0 Å². The van der Waals surface area contributed by atoms with E-state index in [4.69, 9.17) is 0 Å². The fraction of sp³-hybridized carbons (Fsp3) is 1.00. The van der Waals surface area contributed by atoms with E-state index in [1.165, 1.54) is 103 Å². The summed E-state index contributed by atoms with van der Waals surface area (Å²) in [5.74, 6) is 4.04. The highest BCUT2D eigenvalue weighted by molar-refractivity contribution is 4.91. The molecule has 1 saturated heterocycles. The van der Waals surface area contributed by atoms with Crippen molar-refractivity contribution in [1.29, 1.82) is 0 Å². The second kappa shape index (κ2) is 11.0. The van der Waals surface area contributed by atoms with E-state index < -0.39 is 0 Å². The van der Waals surface area contributed by atoms with Gasteiger partial charge < -0.3 is 5.32 Å². The molecule has 0 bridgehead atoms. The van der Waals surface area contributed by atoms with Gasteiger partial charge in [-0.3, -0.25) is 0 Å². The molecule has 2 saturated carbocycles. The summed E-state index contributed by atoms with van der Waals surface area (Å²) >= 11 is 0. The van der Waals surface area contributed by atoms with E-state index in [1.54, 1.807) is 12.8 Å². The standard InChI is InChI=1S/C24H45N/c1-2-3-11-20-15-17-21-12-7-5-4-6-8-14-23(21)24-22(18-16-20)13-9-10-19-25-24/h20-25H,2-19H2,1H3/t20?,21-,22?,23?,24+/m1/s1. The number of fused-ring (bicyclic) bond motifs is 3. The minimum Gasteiger partial charge on any atom is -0.313 e. The molecular weight excluding hydrogens is 302 g/mol. The zero-order valence-electron chi connectivity index (χ0n) is 17.1. The van der Waals surface area contributed by atoms with Gasteiger partial charge in [-0.25, -0.2) is 0 Å². The third-order valence-corrected chi connectivity index (χ3v) is 7.93. The molecule has 1 N–H and O–H groups in total. The molecule has 0 radical (unpaired) electrons. The van der Waals surface area contributed by atoms with Crippen molar-refractivity contribution in [2.75, 3.05) is 6.54 Å². The van der Waals surface area contributed by atoms with Gasteiger partial charge in [-0.05, 0) is 62.3 Å². The number of nitrogens with one attached hydrogen (secondary N) is 1. The SMILES string of the molecule is CCCCC1CCC2CCCCN[C@@H]2C2CCCCCCC[C@@H]2CC1. The van der Waals surface area contributed by atoms with E-state index in [2.05, 4.69) is 12.2 Å². The highest BCUT2D eigenvalue weighted by Crippen LogP contribution is 2.41. The summed E-state index contributed by atoms with van der Waals surface area (Å²) in [6, 6.07) is 0.857. The average molecular weight is 348 g/mol. The maximum atomic E-state index is 4.10. The van der Waals surface area contributed by atoms with Crippen LogP contribution in [-0.4, -0.2) is 12.6 Å². The lowest BCUT2D eigenvalue weighted by Crippen LogP contribution is -2.44. The fourth-order valence-corrected chi connectivity index (χ4v) is 6.39. The molecule has 5 atom stereocenters. The molecule has 0 aromatic rings. The quantitative estimate of drug-likeness (QED) is 0.574. The van der Waals surface area contributed by atoms with Gasteiger partial charge in [0.05, 0.1) is 0 Å². The Morgan fingerprint density at radius 1 is 0.680 bits per heavy atom. The Labute approximate surface area is 158 Å². The molecule has 0 aromatic carbocycles. The Morgan fingerprint density at radius 2 is 1.36 bits per heavy atom. The van der Waals surface area contributed by atoms with Crippen molar-refractivity contribution in [3.63, 3.8) is 0 Å². The van der Waals surface area contributed by atoms with E-state index in [9.17, 15) is 0 Å². The van der Waals surface area contributed by atoms with Crippen molar-refractivity contribution in [3.8, 4) is 0 Å². The van der Waals surface area contributed by atoms with Crippen LogP contribution in [0.2, 0.25) is 0 Å². The lowest BCUT2D eigenvalue weighted by atomic mass is 9.73. The smallest absolute Gasteiger partial charge is 0.0126 e. The van der Waals surface area contributed by atoms with Gasteiger partial charge in [-0.2, -0.15) is 0 Å². The highest BCUT2D eigenvalue weighted by atomic mass is 14.9. The van der Waals surface area contributed by atoms with Crippen molar-refractivity contribution in [1.82, 2.24) is 5.32 Å². The normalized spacial score (nSPS) is 38.5. The van der Waals surface area contributed by atoms with Crippen LogP contribution >= 0.6 is 0 Å². The lowest BCUT2D eigenvalue weighted by molar-refractivity contribution is 0.164. The van der Waals surface area contributed by atoms with Crippen molar-refractivity contribution in [2.24, 2.45) is 23.7 Å². The highest BCUT2D eigenvalue weighted by Gasteiger charge is 2.36. The minimum atomic E-state index is 0.857. The van der Waals surface area contributed by atoms with Gasteiger partial charge in [0.1, 0.15) is 0 Å². The van der Waals surface area contributed by atoms with Gasteiger partial charge in [0.25, 0.3) is 0 Å². The Morgan fingerprint density at radius 3 is 2.20 bits per heavy atom. The third kappa shape index (κ3) is 5.98. The summed E-state index contributed by atoms with van der Waals surface area (Å²) in [5.41, 5.74) is 0. The molecule has 3 aliphatic rings. The topological polar surface area (TPSA) is 12.0 Å². The van der Waals surface area contributed by atoms with Gasteiger partial charge in [-0.15, -0.1) is 0 Å². The molecule has 2 aliphatic carbocycles. The first-order valence-corrected chi connectivity index (χ1v) is 12.1. The van der Waals surface area contributed by atoms with E-state index in [0.29, 0.717) is 0 Å². The van der Waals surface area contributed by atoms with Gasteiger partial charge >= 0.3 is 0 Å². The van der Waals surface area contributed by atoms with Crippen molar-refractivity contribution in [3.05, 3.63) is 0 Å². The summed E-state index contributed by atoms with van der Waals surface area (Å²) in [6.45, 7) is 3.67. The number of hydrogen-bond donors (Lipinski definition) is 1. The number of hydrogen-bond acceptors (Lipinski definition) is 1. The first-order valence-electron chi connectivity index (χ1n) is 12.1. The summed E-state index contributed by atoms with van der Waals surface area (Å²) in [4.78, 5) is 0. The minimum absolute atomic E-state index is 0.857. The first-order chi connectivity index (χ1) is 12.4. The predicted molar refractivity (Wildman–Crippen MR) is 110 cm³/mol. The van der Waals surface area contributed by atoms with Crippen LogP contribution in [0.4, 0.5) is 0 Å². The van der Waals surface area contributed by atoms with Crippen LogP contribution in [-0.2, 0) is 0 Å². The number of unbranched alkanes of at least 4 members (excludes halogenated alkanes) is 1. The maximum Gasteiger partial charge on any atom is 0.0126 e. The molecule has 146 valence electrons. The second-order valence-corrected chi connectivity index (χ2v) is 9.67. The average Bonchev–Trinajstić information content (AvgIpc) is 2.75. The fourth-order valence-electron chi connectivity index (χ4n) is 6.39. The van der Waals surface area contributed by atoms with Crippen LogP contribution in [0.1, 0.15) is 116 Å². The molecular formula is C24H45N. The molecule has 25 heavy (non-hydrogen) atoms. The molecule has 1 nitrogen and oxygen atoms in total. The second-order valence-electron chi connectivity index (χ2n) is 9.67. The zero-order valence-corrected chi connectivity index (χ0v) is 17.1. The van der Waals surface area contributed by atoms with Crippen LogP contribution in [0.25, 0.3) is 0 Å². The van der Waals surface area contributed by atoms with Crippen molar-refractivity contribution >= 4 is 0 Å². The van der Waals surface area contributed by atoms with Crippen LogP contribution in [0.3, 0.4) is 0 Å². The number of rotatable bonds is 3. The van der Waals surface area contributed by atoms with Crippen LogP contribution in [0.15, 0.2) is 0 Å². The summed E-state index contributed by atoms with van der Waals surface area (Å²) in [5, 5.41) is 4.10. The van der Waals surface area contributed by atoms with E-state index >= 15 is 0 Å². The molecule has 3 fully saturated rings. The van der Waals surface area contributed by atoms with Crippen molar-refractivity contribution in [2.45, 2.75) is 122 Å². The monoisotopic (exact) mass is 347 g/mol. The largest absolute Gasteiger partial charge is 0.313 e. The van der Waals surface area contributed by atoms with E-state index in [0.717, 1.165) is 29.7 Å². The molecule has 0 amide bonds. The van der Waals surface area contributed by atoms with Gasteiger partial charge in [0.2, 0.25) is 0 Å². The van der Waals surface area contributed by atoms with Crippen LogP contribution < -0.4 is 5.32 Å². The third-order valence-electron chi connectivity index (χ3n) is 7.93. The van der Waals surface area contributed by atoms with E-state index in [1.807, 2.05) is 0 Å². The Kier molecular flexibility index (Phi) is 8.64. The van der Waals surface area contributed by atoms with Crippen LogP contribution in [0, 0.1) is 23.7 Å². The zero-order chi connectivity index (χ0) is 17.3. The molecule has 0 aromatic heterocycles. The summed E-state index contributed by atoms with van der Waals surface area (Å²) in [7, 11) is 0. The first kappa shape index (κ1) is 19.7. The molecule has 3 rings (SSSR count). The van der Waals surface area contributed by atoms with Crippen molar-refractivity contribution < 1.29 is 0 Å². The lowest BCUT2D eigenvalue weighted by Gasteiger charge is -2.37. The van der Waals surface area contributed by atoms with E-state index in [-0.39, 0.29) is 0 Å². The predicted octanol–water partition coefficient (Wildman–Crippen LogP) is 7.10. The van der Waals surface area contributed by atoms with Gasteiger partial charge in [0, 0.05) is 6.04 Å². The van der Waals surface area contributed by atoms with Gasteiger partial charge in [0.15, 0.2) is 0 Å². The maximum absolute atomic E-state index is 4.10. The molecule has 1 heteroatoms.